The topological polar surface area (TPSA) is 15.3 Å². The number of anilines is 1. The molecule has 2 atom stereocenters. The summed E-state index contributed by atoms with van der Waals surface area (Å²) >= 11 is 2.10. The highest BCUT2D eigenvalue weighted by molar-refractivity contribution is 8.00. The van der Waals surface area contributed by atoms with Crippen LogP contribution in [0.15, 0.2) is 24.3 Å². The van der Waals surface area contributed by atoms with E-state index in [4.69, 9.17) is 0 Å². The summed E-state index contributed by atoms with van der Waals surface area (Å²) in [6.45, 7) is 7.93. The van der Waals surface area contributed by atoms with Crippen molar-refractivity contribution in [1.29, 1.82) is 0 Å². The molecule has 94 valence electrons. The van der Waals surface area contributed by atoms with Gasteiger partial charge in [0.15, 0.2) is 0 Å². The zero-order chi connectivity index (χ0) is 12.3. The molecule has 1 heterocycles. The van der Waals surface area contributed by atoms with Gasteiger partial charge >= 0.3 is 0 Å². The minimum atomic E-state index is 0.732. The first-order chi connectivity index (χ1) is 8.19. The Morgan fingerprint density at radius 3 is 2.29 bits per heavy atom. The van der Waals surface area contributed by atoms with Gasteiger partial charge in [0.1, 0.15) is 0 Å². The third-order valence-corrected chi connectivity index (χ3v) is 4.33. The summed E-state index contributed by atoms with van der Waals surface area (Å²) in [6, 6.07) is 8.95. The molecule has 0 radical (unpaired) electrons. The van der Waals surface area contributed by atoms with Crippen LogP contribution in [0.4, 0.5) is 5.69 Å². The molecule has 3 heteroatoms. The van der Waals surface area contributed by atoms with Gasteiger partial charge in [0.25, 0.3) is 0 Å². The number of nitrogens with zero attached hydrogens (tertiary/aromatic N) is 1. The van der Waals surface area contributed by atoms with Crippen molar-refractivity contribution in [3.63, 3.8) is 0 Å². The van der Waals surface area contributed by atoms with Crippen LogP contribution in [0.3, 0.4) is 0 Å². The van der Waals surface area contributed by atoms with E-state index in [1.807, 2.05) is 7.05 Å². The molecule has 0 aliphatic carbocycles. The van der Waals surface area contributed by atoms with Crippen LogP contribution in [0, 0.1) is 0 Å². The fraction of sp³-hybridized carbons (Fsp3) is 0.571. The summed E-state index contributed by atoms with van der Waals surface area (Å²) in [5, 5.41) is 4.64. The zero-order valence-corrected chi connectivity index (χ0v) is 11.8. The van der Waals surface area contributed by atoms with Crippen LogP contribution in [0.5, 0.6) is 0 Å². The number of thioether (sulfide) groups is 1. The fourth-order valence-corrected chi connectivity index (χ4v) is 3.74. The molecule has 0 amide bonds. The molecule has 1 saturated heterocycles. The Bertz CT molecular complexity index is 340. The monoisotopic (exact) mass is 250 g/mol. The number of hydrogen-bond acceptors (Lipinski definition) is 3. The van der Waals surface area contributed by atoms with Crippen molar-refractivity contribution in [3.8, 4) is 0 Å². The van der Waals surface area contributed by atoms with Crippen LogP contribution in [0.1, 0.15) is 19.4 Å². The van der Waals surface area contributed by atoms with Gasteiger partial charge < -0.3 is 10.2 Å². The van der Waals surface area contributed by atoms with Gasteiger partial charge in [-0.2, -0.15) is 11.8 Å². The van der Waals surface area contributed by atoms with Gasteiger partial charge in [-0.05, 0) is 24.7 Å². The van der Waals surface area contributed by atoms with Crippen molar-refractivity contribution in [1.82, 2.24) is 5.32 Å². The van der Waals surface area contributed by atoms with E-state index in [1.54, 1.807) is 0 Å². The van der Waals surface area contributed by atoms with Gasteiger partial charge in [0, 0.05) is 35.8 Å². The van der Waals surface area contributed by atoms with Gasteiger partial charge in [0.05, 0.1) is 0 Å². The first kappa shape index (κ1) is 12.8. The van der Waals surface area contributed by atoms with Crippen LogP contribution in [0.25, 0.3) is 0 Å². The molecule has 17 heavy (non-hydrogen) atoms. The third-order valence-electron chi connectivity index (χ3n) is 3.10. The van der Waals surface area contributed by atoms with Gasteiger partial charge in [-0.15, -0.1) is 0 Å². The number of rotatable bonds is 3. The molecular formula is C14H22N2S. The highest BCUT2D eigenvalue weighted by Crippen LogP contribution is 2.28. The summed E-state index contributed by atoms with van der Waals surface area (Å²) in [7, 11) is 1.99. The van der Waals surface area contributed by atoms with Crippen molar-refractivity contribution >= 4 is 17.4 Å². The normalized spacial score (nSPS) is 25.0. The largest absolute Gasteiger partial charge is 0.369 e. The number of hydrogen-bond donors (Lipinski definition) is 1. The van der Waals surface area contributed by atoms with Gasteiger partial charge in [-0.1, -0.05) is 26.0 Å². The first-order valence-corrected chi connectivity index (χ1v) is 7.27. The summed E-state index contributed by atoms with van der Waals surface area (Å²) in [5.41, 5.74) is 2.72. The molecule has 0 aromatic heterocycles. The molecular weight excluding hydrogens is 228 g/mol. The Labute approximate surface area is 109 Å². The van der Waals surface area contributed by atoms with Crippen molar-refractivity contribution in [2.24, 2.45) is 0 Å². The SMILES string of the molecule is CNCc1ccc(N2CC(C)SC(C)C2)cc1. The minimum Gasteiger partial charge on any atom is -0.369 e. The Morgan fingerprint density at radius 1 is 1.18 bits per heavy atom. The lowest BCUT2D eigenvalue weighted by atomic mass is 10.2. The summed E-state index contributed by atoms with van der Waals surface area (Å²) < 4.78 is 0. The van der Waals surface area contributed by atoms with E-state index in [0.717, 1.165) is 17.0 Å². The first-order valence-electron chi connectivity index (χ1n) is 6.33. The molecule has 0 spiro atoms. The second kappa shape index (κ2) is 5.78. The van der Waals surface area contributed by atoms with E-state index >= 15 is 0 Å². The van der Waals surface area contributed by atoms with E-state index < -0.39 is 0 Å². The maximum absolute atomic E-state index is 3.18. The fourth-order valence-electron chi connectivity index (χ4n) is 2.42. The molecule has 2 unspecified atom stereocenters. The molecule has 0 bridgehead atoms. The molecule has 1 fully saturated rings. The minimum absolute atomic E-state index is 0.732. The average Bonchev–Trinajstić information content (AvgIpc) is 2.29. The summed E-state index contributed by atoms with van der Waals surface area (Å²) in [6.07, 6.45) is 0. The second-order valence-corrected chi connectivity index (χ2v) is 6.74. The summed E-state index contributed by atoms with van der Waals surface area (Å²) in [5.74, 6) is 0. The Balaban J connectivity index is 2.06. The standard InChI is InChI=1S/C14H22N2S/c1-11-9-16(10-12(2)17-11)14-6-4-13(5-7-14)8-15-3/h4-7,11-12,15H,8-10H2,1-3H3. The molecule has 1 aliphatic heterocycles. The number of nitrogens with one attached hydrogen (secondary N) is 1. The lowest BCUT2D eigenvalue weighted by Crippen LogP contribution is -2.40. The van der Waals surface area contributed by atoms with Crippen LogP contribution >= 0.6 is 11.8 Å². The van der Waals surface area contributed by atoms with E-state index in [1.165, 1.54) is 24.3 Å². The molecule has 2 rings (SSSR count). The van der Waals surface area contributed by atoms with E-state index in [-0.39, 0.29) is 0 Å². The van der Waals surface area contributed by atoms with Crippen LogP contribution < -0.4 is 10.2 Å². The van der Waals surface area contributed by atoms with Gasteiger partial charge in [-0.3, -0.25) is 0 Å². The Morgan fingerprint density at radius 2 is 1.76 bits per heavy atom. The van der Waals surface area contributed by atoms with Crippen molar-refractivity contribution in [2.75, 3.05) is 25.0 Å². The summed E-state index contributed by atoms with van der Waals surface area (Å²) in [4.78, 5) is 2.51. The lowest BCUT2D eigenvalue weighted by molar-refractivity contribution is 0.727. The van der Waals surface area contributed by atoms with Crippen molar-refractivity contribution in [2.45, 2.75) is 30.9 Å². The molecule has 1 aliphatic rings. The highest BCUT2D eigenvalue weighted by Gasteiger charge is 2.22. The predicted molar refractivity (Wildman–Crippen MR) is 77.9 cm³/mol. The zero-order valence-electron chi connectivity index (χ0n) is 10.9. The highest BCUT2D eigenvalue weighted by atomic mass is 32.2. The van der Waals surface area contributed by atoms with Crippen molar-refractivity contribution in [3.05, 3.63) is 29.8 Å². The van der Waals surface area contributed by atoms with E-state index in [0.29, 0.717) is 0 Å². The smallest absolute Gasteiger partial charge is 0.0367 e. The molecule has 2 nitrogen and oxygen atoms in total. The second-order valence-electron chi connectivity index (χ2n) is 4.86. The van der Waals surface area contributed by atoms with Crippen LogP contribution in [-0.4, -0.2) is 30.6 Å². The number of benzene rings is 1. The molecule has 1 aromatic rings. The quantitative estimate of drug-likeness (QED) is 0.888. The van der Waals surface area contributed by atoms with E-state index in [2.05, 4.69) is 60.1 Å². The maximum Gasteiger partial charge on any atom is 0.0367 e. The van der Waals surface area contributed by atoms with E-state index in [9.17, 15) is 0 Å². The third kappa shape index (κ3) is 3.39. The van der Waals surface area contributed by atoms with Crippen LogP contribution in [-0.2, 0) is 6.54 Å². The molecule has 1 N–H and O–H groups in total. The Hall–Kier alpha value is -0.670. The Kier molecular flexibility index (Phi) is 4.35. The maximum atomic E-state index is 3.18. The van der Waals surface area contributed by atoms with Gasteiger partial charge in [-0.25, -0.2) is 0 Å². The van der Waals surface area contributed by atoms with Gasteiger partial charge in [0.2, 0.25) is 0 Å². The predicted octanol–water partition coefficient (Wildman–Crippen LogP) is 2.74. The van der Waals surface area contributed by atoms with Crippen LogP contribution in [0.2, 0.25) is 0 Å². The van der Waals surface area contributed by atoms with Crippen molar-refractivity contribution < 1.29 is 0 Å². The molecule has 0 saturated carbocycles. The molecule has 1 aromatic carbocycles. The average molecular weight is 250 g/mol. The lowest BCUT2D eigenvalue weighted by Gasteiger charge is -2.36.